The van der Waals surface area contributed by atoms with Gasteiger partial charge in [-0.1, -0.05) is 12.5 Å². The van der Waals surface area contributed by atoms with Gasteiger partial charge in [-0.15, -0.1) is 0 Å². The van der Waals surface area contributed by atoms with Crippen molar-refractivity contribution in [2.75, 3.05) is 0 Å². The summed E-state index contributed by atoms with van der Waals surface area (Å²) in [5.74, 6) is -0.643. The molecule has 22 heavy (non-hydrogen) atoms. The van der Waals surface area contributed by atoms with Crippen LogP contribution in [-0.2, 0) is 23.8 Å². The lowest BCUT2D eigenvalue weighted by Crippen LogP contribution is -2.38. The normalized spacial score (nSPS) is 46.6. The molecule has 3 rings (SSSR count). The number of epoxide rings is 1. The smallest absolute Gasteiger partial charge is 0.309 e. The third-order valence-electron chi connectivity index (χ3n) is 5.35. The first-order chi connectivity index (χ1) is 10.3. The molecule has 5 heteroatoms. The van der Waals surface area contributed by atoms with Crippen molar-refractivity contribution < 1.29 is 23.8 Å². The number of esters is 2. The summed E-state index contributed by atoms with van der Waals surface area (Å²) in [6.45, 7) is 7.38. The Morgan fingerprint density at radius 1 is 1.45 bits per heavy atom. The molecule has 1 aliphatic carbocycles. The monoisotopic (exact) mass is 308 g/mol. The highest BCUT2D eigenvalue weighted by Crippen LogP contribution is 2.48. The van der Waals surface area contributed by atoms with Gasteiger partial charge in [0, 0.05) is 12.8 Å². The summed E-state index contributed by atoms with van der Waals surface area (Å²) in [5, 5.41) is 0. The molecule has 0 amide bonds. The highest BCUT2D eigenvalue weighted by Gasteiger charge is 2.60. The molecule has 2 fully saturated rings. The van der Waals surface area contributed by atoms with E-state index in [1.807, 2.05) is 13.8 Å². The van der Waals surface area contributed by atoms with Crippen LogP contribution in [0.4, 0.5) is 0 Å². The Bertz CT molecular complexity index is 525. The van der Waals surface area contributed by atoms with Crippen LogP contribution >= 0.6 is 0 Å². The quantitative estimate of drug-likeness (QED) is 0.423. The largest absolute Gasteiger partial charge is 0.459 e. The molecule has 122 valence electrons. The van der Waals surface area contributed by atoms with E-state index >= 15 is 0 Å². The number of ether oxygens (including phenoxy) is 3. The van der Waals surface area contributed by atoms with Gasteiger partial charge in [-0.25, -0.2) is 0 Å². The van der Waals surface area contributed by atoms with Crippen LogP contribution in [0.25, 0.3) is 0 Å². The van der Waals surface area contributed by atoms with Crippen molar-refractivity contribution in [2.24, 2.45) is 11.8 Å². The van der Waals surface area contributed by atoms with E-state index in [0.29, 0.717) is 6.42 Å². The Kier molecular flexibility index (Phi) is 3.79. The van der Waals surface area contributed by atoms with Gasteiger partial charge in [0.15, 0.2) is 0 Å². The van der Waals surface area contributed by atoms with Crippen molar-refractivity contribution in [3.05, 3.63) is 11.6 Å². The lowest BCUT2D eigenvalue weighted by molar-refractivity contribution is -0.151. The SMILES string of the molecule is CC(=O)O[C@H]1C[C@H]2[C@H](C)C(=O)O[C@@H]2/C=C(\C)CC[C@H]2O[C@]12C. The third kappa shape index (κ3) is 2.67. The number of fused-ring (bicyclic) bond motifs is 2. The van der Waals surface area contributed by atoms with E-state index in [4.69, 9.17) is 14.2 Å². The lowest BCUT2D eigenvalue weighted by atomic mass is 9.80. The second kappa shape index (κ2) is 5.37. The topological polar surface area (TPSA) is 65.1 Å². The number of hydrogen-bond acceptors (Lipinski definition) is 5. The average molecular weight is 308 g/mol. The summed E-state index contributed by atoms with van der Waals surface area (Å²) in [6.07, 6.45) is 4.02. The zero-order chi connectivity index (χ0) is 16.1. The predicted octanol–water partition coefficient (Wildman–Crippen LogP) is 2.38. The molecule has 6 atom stereocenters. The minimum absolute atomic E-state index is 0.0200. The second-order valence-electron chi connectivity index (χ2n) is 7.03. The van der Waals surface area contributed by atoms with E-state index in [1.165, 1.54) is 12.5 Å². The summed E-state index contributed by atoms with van der Waals surface area (Å²) < 4.78 is 16.9. The van der Waals surface area contributed by atoms with Crippen molar-refractivity contribution in [3.63, 3.8) is 0 Å². The van der Waals surface area contributed by atoms with Gasteiger partial charge in [-0.3, -0.25) is 9.59 Å². The fourth-order valence-electron chi connectivity index (χ4n) is 3.75. The molecule has 2 heterocycles. The fourth-order valence-corrected chi connectivity index (χ4v) is 3.75. The van der Waals surface area contributed by atoms with E-state index in [-0.39, 0.29) is 42.1 Å². The Morgan fingerprint density at radius 2 is 2.18 bits per heavy atom. The van der Waals surface area contributed by atoms with Crippen LogP contribution in [0, 0.1) is 11.8 Å². The fraction of sp³-hybridized carbons (Fsp3) is 0.765. The number of allylic oxidation sites excluding steroid dienone is 1. The molecule has 0 saturated carbocycles. The first-order valence-electron chi connectivity index (χ1n) is 8.04. The zero-order valence-electron chi connectivity index (χ0n) is 13.6. The van der Waals surface area contributed by atoms with E-state index in [0.717, 1.165) is 12.8 Å². The maximum Gasteiger partial charge on any atom is 0.309 e. The van der Waals surface area contributed by atoms with Crippen molar-refractivity contribution in [3.8, 4) is 0 Å². The minimum atomic E-state index is -0.431. The van der Waals surface area contributed by atoms with Crippen molar-refractivity contribution in [1.29, 1.82) is 0 Å². The second-order valence-corrected chi connectivity index (χ2v) is 7.03. The van der Waals surface area contributed by atoms with Crippen LogP contribution in [0.15, 0.2) is 11.6 Å². The molecule has 0 aromatic carbocycles. The number of hydrogen-bond donors (Lipinski definition) is 0. The van der Waals surface area contributed by atoms with E-state index in [9.17, 15) is 9.59 Å². The highest BCUT2D eigenvalue weighted by atomic mass is 16.6. The van der Waals surface area contributed by atoms with Crippen LogP contribution in [0.3, 0.4) is 0 Å². The van der Waals surface area contributed by atoms with Crippen LogP contribution in [0.2, 0.25) is 0 Å². The van der Waals surface area contributed by atoms with Crippen LogP contribution in [-0.4, -0.2) is 35.9 Å². The molecule has 2 aliphatic heterocycles. The van der Waals surface area contributed by atoms with Gasteiger partial charge in [0.25, 0.3) is 0 Å². The van der Waals surface area contributed by atoms with Gasteiger partial charge in [0.1, 0.15) is 17.8 Å². The first-order valence-corrected chi connectivity index (χ1v) is 8.04. The predicted molar refractivity (Wildman–Crippen MR) is 79.0 cm³/mol. The molecule has 0 bridgehead atoms. The maximum atomic E-state index is 12.0. The summed E-state index contributed by atoms with van der Waals surface area (Å²) in [6, 6.07) is 0. The molecule has 0 spiro atoms. The maximum absolute atomic E-state index is 12.0. The van der Waals surface area contributed by atoms with Crippen LogP contribution < -0.4 is 0 Å². The summed E-state index contributed by atoms with van der Waals surface area (Å²) in [5.41, 5.74) is 0.792. The Morgan fingerprint density at radius 3 is 2.86 bits per heavy atom. The number of rotatable bonds is 1. The van der Waals surface area contributed by atoms with E-state index in [2.05, 4.69) is 13.0 Å². The molecule has 0 radical (unpaired) electrons. The Balaban J connectivity index is 1.90. The molecule has 0 unspecified atom stereocenters. The first kappa shape index (κ1) is 15.5. The molecular weight excluding hydrogens is 284 g/mol. The number of carbonyl (C=O) groups excluding carboxylic acids is 2. The van der Waals surface area contributed by atoms with Gasteiger partial charge in [0.05, 0.1) is 12.0 Å². The summed E-state index contributed by atoms with van der Waals surface area (Å²) in [4.78, 5) is 23.4. The van der Waals surface area contributed by atoms with E-state index < -0.39 is 5.60 Å². The van der Waals surface area contributed by atoms with Gasteiger partial charge >= 0.3 is 11.9 Å². The van der Waals surface area contributed by atoms with Gasteiger partial charge in [-0.2, -0.15) is 0 Å². The van der Waals surface area contributed by atoms with Crippen LogP contribution in [0.5, 0.6) is 0 Å². The molecule has 0 aromatic rings. The molecule has 0 aromatic heterocycles. The Labute approximate surface area is 131 Å². The Hall–Kier alpha value is -1.36. The van der Waals surface area contributed by atoms with Gasteiger partial charge < -0.3 is 14.2 Å². The van der Waals surface area contributed by atoms with Crippen molar-refractivity contribution in [1.82, 2.24) is 0 Å². The molecule has 3 aliphatic rings. The molecule has 0 N–H and O–H groups in total. The minimum Gasteiger partial charge on any atom is -0.459 e. The van der Waals surface area contributed by atoms with Gasteiger partial charge in [0.2, 0.25) is 0 Å². The molecular formula is C17H24O5. The van der Waals surface area contributed by atoms with Crippen molar-refractivity contribution in [2.45, 2.75) is 70.9 Å². The van der Waals surface area contributed by atoms with Crippen LogP contribution in [0.1, 0.15) is 47.0 Å². The summed E-state index contributed by atoms with van der Waals surface area (Å²) >= 11 is 0. The standard InChI is InChI=1S/C17H24O5/c1-9-5-6-14-17(4,22-14)15(20-11(3)18)8-12-10(2)16(19)21-13(12)7-9/h7,10,12-15H,5-6,8H2,1-4H3/b9-7+/t10-,12-,13+,14+,15-,17-/m0/s1. The third-order valence-corrected chi connectivity index (χ3v) is 5.35. The van der Waals surface area contributed by atoms with Gasteiger partial charge in [-0.05, 0) is 39.2 Å². The average Bonchev–Trinajstić information content (AvgIpc) is 3.03. The summed E-state index contributed by atoms with van der Waals surface area (Å²) in [7, 11) is 0. The van der Waals surface area contributed by atoms with Crippen molar-refractivity contribution >= 4 is 11.9 Å². The van der Waals surface area contributed by atoms with E-state index in [1.54, 1.807) is 0 Å². The molecule has 5 nitrogen and oxygen atoms in total. The number of carbonyl (C=O) groups is 2. The highest BCUT2D eigenvalue weighted by molar-refractivity contribution is 5.75. The molecule has 2 saturated heterocycles. The lowest BCUT2D eigenvalue weighted by Gasteiger charge is -2.27. The zero-order valence-corrected chi connectivity index (χ0v) is 13.6.